The summed E-state index contributed by atoms with van der Waals surface area (Å²) in [5, 5.41) is 0. The molecule has 0 bridgehead atoms. The Morgan fingerprint density at radius 2 is 2.35 bits per heavy atom. The molecule has 2 rings (SSSR count). The molecule has 1 saturated heterocycles. The van der Waals surface area contributed by atoms with Crippen LogP contribution in [-0.2, 0) is 9.53 Å². The summed E-state index contributed by atoms with van der Waals surface area (Å²) in [6.45, 7) is 1.14. The highest BCUT2D eigenvalue weighted by Gasteiger charge is 2.29. The Hall–Kier alpha value is -1.69. The van der Waals surface area contributed by atoms with E-state index >= 15 is 0 Å². The fourth-order valence-electron chi connectivity index (χ4n) is 2.22. The summed E-state index contributed by atoms with van der Waals surface area (Å²) < 4.78 is 36.5. The molecule has 0 aliphatic carbocycles. The van der Waals surface area contributed by atoms with Gasteiger partial charge in [0.05, 0.1) is 7.11 Å². The van der Waals surface area contributed by atoms with Gasteiger partial charge in [-0.2, -0.15) is 0 Å². The van der Waals surface area contributed by atoms with Crippen LogP contribution in [0.5, 0.6) is 5.75 Å². The molecule has 20 heavy (non-hydrogen) atoms. The predicted molar refractivity (Wildman–Crippen MR) is 68.8 cm³/mol. The summed E-state index contributed by atoms with van der Waals surface area (Å²) in [5.41, 5.74) is 0. The van der Waals surface area contributed by atoms with Gasteiger partial charge >= 0.3 is 5.97 Å². The van der Waals surface area contributed by atoms with E-state index in [0.717, 1.165) is 7.11 Å². The highest BCUT2D eigenvalue weighted by molar-refractivity contribution is 5.74. The van der Waals surface area contributed by atoms with Crippen LogP contribution in [0.15, 0.2) is 24.3 Å². The smallest absolute Gasteiger partial charge is 0.341 e. The summed E-state index contributed by atoms with van der Waals surface area (Å²) in [5.74, 6) is -0.756. The number of alkyl halides is 1. The quantitative estimate of drug-likeness (QED) is 0.773. The van der Waals surface area contributed by atoms with Gasteiger partial charge in [0.15, 0.2) is 0 Å². The number of nitrogens with zero attached hydrogens (tertiary/aromatic N) is 1. The normalized spacial score (nSPS) is 20.6. The van der Waals surface area contributed by atoms with Gasteiger partial charge in [0.2, 0.25) is 6.17 Å². The Bertz CT molecular complexity index is 469. The summed E-state index contributed by atoms with van der Waals surface area (Å²) in [4.78, 5) is 12.8. The first-order valence-electron chi connectivity index (χ1n) is 6.45. The molecule has 1 aromatic carbocycles. The monoisotopic (exact) mass is 285 g/mol. The number of rotatable bonds is 5. The van der Waals surface area contributed by atoms with Gasteiger partial charge in [0.1, 0.15) is 17.7 Å². The van der Waals surface area contributed by atoms with E-state index in [1.807, 2.05) is 0 Å². The molecule has 4 nitrogen and oxygen atoms in total. The van der Waals surface area contributed by atoms with E-state index in [4.69, 9.17) is 4.74 Å². The molecule has 2 atom stereocenters. The van der Waals surface area contributed by atoms with E-state index in [9.17, 15) is 13.6 Å². The van der Waals surface area contributed by atoms with Crippen molar-refractivity contribution >= 4 is 5.97 Å². The van der Waals surface area contributed by atoms with Crippen LogP contribution in [0.1, 0.15) is 6.42 Å². The van der Waals surface area contributed by atoms with E-state index in [-0.39, 0.29) is 18.5 Å². The maximum absolute atomic E-state index is 13.4. The first-order chi connectivity index (χ1) is 9.58. The molecule has 0 radical (unpaired) electrons. The van der Waals surface area contributed by atoms with E-state index in [0.29, 0.717) is 25.3 Å². The molecule has 0 saturated carbocycles. The molecule has 1 aliphatic rings. The zero-order valence-electron chi connectivity index (χ0n) is 11.2. The molecule has 1 aromatic rings. The van der Waals surface area contributed by atoms with Crippen LogP contribution in [0, 0.1) is 5.82 Å². The average molecular weight is 285 g/mol. The number of carbonyl (C=O) groups excluding carboxylic acids is 1. The molecule has 0 amide bonds. The van der Waals surface area contributed by atoms with Gasteiger partial charge < -0.3 is 9.47 Å². The second-order valence-corrected chi connectivity index (χ2v) is 4.74. The van der Waals surface area contributed by atoms with Crippen molar-refractivity contribution in [2.24, 2.45) is 0 Å². The van der Waals surface area contributed by atoms with E-state index in [1.54, 1.807) is 17.0 Å². The van der Waals surface area contributed by atoms with Gasteiger partial charge in [0, 0.05) is 25.7 Å². The SMILES string of the molecule is COC(=O)[C@H](F)CN1CC[C@H](Oc2cccc(F)c2)C1. The molecule has 110 valence electrons. The number of likely N-dealkylation sites (tertiary alicyclic amines) is 1. The van der Waals surface area contributed by atoms with Crippen molar-refractivity contribution in [2.75, 3.05) is 26.7 Å². The molecule has 1 heterocycles. The van der Waals surface area contributed by atoms with E-state index < -0.39 is 12.1 Å². The topological polar surface area (TPSA) is 38.8 Å². The second-order valence-electron chi connectivity index (χ2n) is 4.74. The Labute approximate surface area is 116 Å². The Morgan fingerprint density at radius 1 is 1.55 bits per heavy atom. The predicted octanol–water partition coefficient (Wildman–Crippen LogP) is 1.79. The van der Waals surface area contributed by atoms with Crippen LogP contribution in [0.2, 0.25) is 0 Å². The van der Waals surface area contributed by atoms with Gasteiger partial charge in [-0.15, -0.1) is 0 Å². The summed E-state index contributed by atoms with van der Waals surface area (Å²) in [6.07, 6.45) is -1.06. The number of benzene rings is 1. The number of hydrogen-bond acceptors (Lipinski definition) is 4. The number of methoxy groups -OCH3 is 1. The number of carbonyl (C=O) groups is 1. The molecule has 6 heteroatoms. The maximum Gasteiger partial charge on any atom is 0.341 e. The third-order valence-electron chi connectivity index (χ3n) is 3.20. The number of esters is 1. The van der Waals surface area contributed by atoms with Crippen LogP contribution >= 0.6 is 0 Å². The van der Waals surface area contributed by atoms with Crippen molar-refractivity contribution < 1.29 is 23.0 Å². The lowest BCUT2D eigenvalue weighted by atomic mass is 10.3. The Morgan fingerprint density at radius 3 is 3.05 bits per heavy atom. The van der Waals surface area contributed by atoms with Crippen LogP contribution in [0.4, 0.5) is 8.78 Å². The summed E-state index contributed by atoms with van der Waals surface area (Å²) in [7, 11) is 1.16. The van der Waals surface area contributed by atoms with Crippen LogP contribution < -0.4 is 4.74 Å². The van der Waals surface area contributed by atoms with Crippen molar-refractivity contribution in [1.29, 1.82) is 0 Å². The van der Waals surface area contributed by atoms with Crippen molar-refractivity contribution in [3.63, 3.8) is 0 Å². The molecule has 1 fully saturated rings. The minimum absolute atomic E-state index is 0.00428. The first kappa shape index (κ1) is 14.7. The summed E-state index contributed by atoms with van der Waals surface area (Å²) >= 11 is 0. The molecule has 0 aromatic heterocycles. The Balaban J connectivity index is 1.82. The Kier molecular flexibility index (Phi) is 4.89. The molecule has 1 aliphatic heterocycles. The number of ether oxygens (including phenoxy) is 2. The van der Waals surface area contributed by atoms with Gasteiger partial charge in [-0.25, -0.2) is 13.6 Å². The van der Waals surface area contributed by atoms with Crippen LogP contribution in [0.3, 0.4) is 0 Å². The minimum Gasteiger partial charge on any atom is -0.489 e. The standard InChI is InChI=1S/C14H17F2NO3/c1-19-14(18)13(16)9-17-6-5-12(8-17)20-11-4-2-3-10(15)7-11/h2-4,7,12-13H,5-6,8-9H2,1H3/t12-,13+/m0/s1. The third kappa shape index (κ3) is 3.90. The first-order valence-corrected chi connectivity index (χ1v) is 6.45. The zero-order chi connectivity index (χ0) is 14.5. The molecular formula is C14H17F2NO3. The fraction of sp³-hybridized carbons (Fsp3) is 0.500. The van der Waals surface area contributed by atoms with E-state index in [1.165, 1.54) is 12.1 Å². The molecule has 0 spiro atoms. The lowest BCUT2D eigenvalue weighted by Gasteiger charge is -2.18. The van der Waals surface area contributed by atoms with Crippen LogP contribution in [0.25, 0.3) is 0 Å². The minimum atomic E-state index is -1.65. The largest absolute Gasteiger partial charge is 0.489 e. The van der Waals surface area contributed by atoms with Crippen molar-refractivity contribution in [3.8, 4) is 5.75 Å². The fourth-order valence-corrected chi connectivity index (χ4v) is 2.22. The van der Waals surface area contributed by atoms with Gasteiger partial charge in [-0.3, -0.25) is 4.90 Å². The van der Waals surface area contributed by atoms with Crippen molar-refractivity contribution in [2.45, 2.75) is 18.7 Å². The maximum atomic E-state index is 13.4. The van der Waals surface area contributed by atoms with Crippen LogP contribution in [-0.4, -0.2) is 49.9 Å². The summed E-state index contributed by atoms with van der Waals surface area (Å²) in [6, 6.07) is 5.91. The van der Waals surface area contributed by atoms with Crippen molar-refractivity contribution in [3.05, 3.63) is 30.1 Å². The van der Waals surface area contributed by atoms with Gasteiger partial charge in [-0.05, 0) is 18.6 Å². The molecule has 0 unspecified atom stereocenters. The third-order valence-corrected chi connectivity index (χ3v) is 3.20. The average Bonchev–Trinajstić information content (AvgIpc) is 2.85. The molecule has 0 N–H and O–H groups in total. The van der Waals surface area contributed by atoms with Crippen molar-refractivity contribution in [1.82, 2.24) is 4.90 Å². The lowest BCUT2D eigenvalue weighted by molar-refractivity contribution is -0.147. The number of hydrogen-bond donors (Lipinski definition) is 0. The second kappa shape index (κ2) is 6.65. The molecular weight excluding hydrogens is 268 g/mol. The van der Waals surface area contributed by atoms with E-state index in [2.05, 4.69) is 4.74 Å². The number of halogens is 2. The lowest BCUT2D eigenvalue weighted by Crippen LogP contribution is -2.34. The highest BCUT2D eigenvalue weighted by atomic mass is 19.1. The highest BCUT2D eigenvalue weighted by Crippen LogP contribution is 2.19. The van der Waals surface area contributed by atoms with Gasteiger partial charge in [-0.1, -0.05) is 6.07 Å². The zero-order valence-corrected chi connectivity index (χ0v) is 11.2. The van der Waals surface area contributed by atoms with Gasteiger partial charge in [0.25, 0.3) is 0 Å².